The van der Waals surface area contributed by atoms with Crippen LogP contribution in [0.4, 0.5) is 5.88 Å². The van der Waals surface area contributed by atoms with Gasteiger partial charge in [-0.25, -0.2) is 0 Å². The number of nitrogens with one attached hydrogen (secondary N) is 1. The predicted octanol–water partition coefficient (Wildman–Crippen LogP) is 2.07. The number of allylic oxidation sites excluding steroid dienone is 2. The molecule has 0 saturated carbocycles. The SMILES string of the molecule is CC(=O)c1c(C)oc(NC(=O)C2(C)CC(=O)N=C3C=CC=CN32)c1C#N. The van der Waals surface area contributed by atoms with Crippen molar-refractivity contribution >= 4 is 29.3 Å². The van der Waals surface area contributed by atoms with E-state index in [0.29, 0.717) is 5.84 Å². The summed E-state index contributed by atoms with van der Waals surface area (Å²) in [5, 5.41) is 11.9. The normalized spacial score (nSPS) is 21.1. The van der Waals surface area contributed by atoms with Gasteiger partial charge < -0.3 is 9.32 Å². The first-order valence-corrected chi connectivity index (χ1v) is 7.89. The van der Waals surface area contributed by atoms with Crippen molar-refractivity contribution < 1.29 is 18.8 Å². The van der Waals surface area contributed by atoms with Crippen LogP contribution in [-0.4, -0.2) is 33.9 Å². The average Bonchev–Trinajstić information content (AvgIpc) is 2.89. The topological polar surface area (TPSA) is 116 Å². The van der Waals surface area contributed by atoms with Crippen LogP contribution in [0, 0.1) is 18.3 Å². The zero-order valence-corrected chi connectivity index (χ0v) is 14.5. The molecule has 3 rings (SSSR count). The van der Waals surface area contributed by atoms with Gasteiger partial charge in [-0.3, -0.25) is 19.7 Å². The van der Waals surface area contributed by atoms with Crippen LogP contribution in [0.5, 0.6) is 0 Å². The fourth-order valence-electron chi connectivity index (χ4n) is 3.08. The third-order valence-electron chi connectivity index (χ3n) is 4.37. The van der Waals surface area contributed by atoms with E-state index >= 15 is 0 Å². The van der Waals surface area contributed by atoms with Crippen LogP contribution >= 0.6 is 0 Å². The number of carbonyl (C=O) groups excluding carboxylic acids is 3. The number of amidine groups is 1. The quantitative estimate of drug-likeness (QED) is 0.833. The molecule has 2 amide bonds. The molecule has 1 aromatic heterocycles. The summed E-state index contributed by atoms with van der Waals surface area (Å²) in [5.74, 6) is -0.789. The number of furan rings is 1. The molecule has 1 N–H and O–H groups in total. The molecule has 0 bridgehead atoms. The van der Waals surface area contributed by atoms with Crippen LogP contribution in [-0.2, 0) is 9.59 Å². The highest BCUT2D eigenvalue weighted by molar-refractivity contribution is 6.12. The Kier molecular flexibility index (Phi) is 4.08. The molecule has 0 aromatic carbocycles. The maximum atomic E-state index is 13.0. The summed E-state index contributed by atoms with van der Waals surface area (Å²) in [7, 11) is 0. The van der Waals surface area contributed by atoms with Gasteiger partial charge in [0.1, 0.15) is 28.8 Å². The van der Waals surface area contributed by atoms with E-state index in [0.717, 1.165) is 0 Å². The number of hydrogen-bond donors (Lipinski definition) is 1. The summed E-state index contributed by atoms with van der Waals surface area (Å²) >= 11 is 0. The van der Waals surface area contributed by atoms with Crippen molar-refractivity contribution in [2.24, 2.45) is 4.99 Å². The molecule has 0 fully saturated rings. The van der Waals surface area contributed by atoms with E-state index in [1.165, 1.54) is 6.92 Å². The zero-order valence-electron chi connectivity index (χ0n) is 14.5. The first kappa shape index (κ1) is 17.4. The van der Waals surface area contributed by atoms with Gasteiger partial charge in [-0.1, -0.05) is 6.08 Å². The number of nitriles is 1. The van der Waals surface area contributed by atoms with Crippen LogP contribution in [0.2, 0.25) is 0 Å². The first-order valence-electron chi connectivity index (χ1n) is 7.89. The smallest absolute Gasteiger partial charge is 0.253 e. The van der Waals surface area contributed by atoms with Crippen molar-refractivity contribution in [1.82, 2.24) is 4.90 Å². The van der Waals surface area contributed by atoms with E-state index in [9.17, 15) is 19.6 Å². The summed E-state index contributed by atoms with van der Waals surface area (Å²) in [6.45, 7) is 4.47. The van der Waals surface area contributed by atoms with E-state index in [2.05, 4.69) is 10.3 Å². The summed E-state index contributed by atoms with van der Waals surface area (Å²) in [6, 6.07) is 1.89. The van der Waals surface area contributed by atoms with E-state index < -0.39 is 17.4 Å². The predicted molar refractivity (Wildman–Crippen MR) is 92.4 cm³/mol. The number of hydrogen-bond acceptors (Lipinski definition) is 6. The van der Waals surface area contributed by atoms with Crippen molar-refractivity contribution in [1.29, 1.82) is 5.26 Å². The second-order valence-electron chi connectivity index (χ2n) is 6.24. The summed E-state index contributed by atoms with van der Waals surface area (Å²) in [5.41, 5.74) is -1.15. The molecule has 0 spiro atoms. The molecule has 0 aliphatic carbocycles. The lowest BCUT2D eigenvalue weighted by molar-refractivity contribution is -0.130. The molecule has 1 aromatic rings. The number of aryl methyl sites for hydroxylation is 1. The molecule has 2 aliphatic rings. The Morgan fingerprint density at radius 1 is 1.42 bits per heavy atom. The van der Waals surface area contributed by atoms with Crippen molar-refractivity contribution in [3.05, 3.63) is 41.3 Å². The number of carbonyl (C=O) groups is 3. The van der Waals surface area contributed by atoms with Crippen molar-refractivity contribution in [3.8, 4) is 6.07 Å². The zero-order chi connectivity index (χ0) is 19.1. The van der Waals surface area contributed by atoms with Crippen LogP contribution in [0.3, 0.4) is 0 Å². The van der Waals surface area contributed by atoms with Gasteiger partial charge in [0.05, 0.1) is 12.0 Å². The third kappa shape index (κ3) is 2.63. The lowest BCUT2D eigenvalue weighted by Gasteiger charge is -2.41. The molecule has 0 saturated heterocycles. The summed E-state index contributed by atoms with van der Waals surface area (Å²) in [4.78, 5) is 42.2. The lowest BCUT2D eigenvalue weighted by atomic mass is 9.91. The maximum absolute atomic E-state index is 13.0. The lowest BCUT2D eigenvalue weighted by Crippen LogP contribution is -2.58. The molecule has 26 heavy (non-hydrogen) atoms. The van der Waals surface area contributed by atoms with Crippen molar-refractivity contribution in [2.75, 3.05) is 5.32 Å². The second-order valence-corrected chi connectivity index (χ2v) is 6.24. The molecule has 2 aliphatic heterocycles. The molecule has 0 radical (unpaired) electrons. The van der Waals surface area contributed by atoms with Gasteiger partial charge in [-0.05, 0) is 32.9 Å². The number of amides is 2. The fourth-order valence-corrected chi connectivity index (χ4v) is 3.08. The molecule has 1 atom stereocenters. The average molecular weight is 352 g/mol. The van der Waals surface area contributed by atoms with Gasteiger partial charge in [0.25, 0.3) is 11.8 Å². The minimum absolute atomic E-state index is 0.0305. The van der Waals surface area contributed by atoms with Crippen LogP contribution in [0.25, 0.3) is 0 Å². The highest BCUT2D eigenvalue weighted by atomic mass is 16.4. The maximum Gasteiger partial charge on any atom is 0.253 e. The number of fused-ring (bicyclic) bond motifs is 1. The van der Waals surface area contributed by atoms with E-state index in [1.54, 1.807) is 43.2 Å². The largest absolute Gasteiger partial charge is 0.443 e. The van der Waals surface area contributed by atoms with Gasteiger partial charge in [0.15, 0.2) is 5.78 Å². The van der Waals surface area contributed by atoms with Crippen LogP contribution in [0.15, 0.2) is 33.8 Å². The van der Waals surface area contributed by atoms with Crippen LogP contribution < -0.4 is 5.32 Å². The minimum atomic E-state index is -1.25. The molecule has 8 heteroatoms. The van der Waals surface area contributed by atoms with Gasteiger partial charge in [-0.2, -0.15) is 10.3 Å². The van der Waals surface area contributed by atoms with E-state index in [1.807, 2.05) is 6.07 Å². The standard InChI is InChI=1S/C18H16N4O4/c1-10(23)15-11(2)26-16(12(15)9-19)21-17(25)18(3)8-14(24)20-13-6-4-5-7-22(13)18/h4-7H,8H2,1-3H3,(H,21,25). The highest BCUT2D eigenvalue weighted by Gasteiger charge is 2.45. The van der Waals surface area contributed by atoms with Crippen molar-refractivity contribution in [2.45, 2.75) is 32.7 Å². The molecular weight excluding hydrogens is 336 g/mol. The highest BCUT2D eigenvalue weighted by Crippen LogP contribution is 2.32. The van der Waals surface area contributed by atoms with Gasteiger partial charge >= 0.3 is 0 Å². The summed E-state index contributed by atoms with van der Waals surface area (Å²) < 4.78 is 5.43. The number of rotatable bonds is 3. The van der Waals surface area contributed by atoms with E-state index in [-0.39, 0.29) is 35.0 Å². The molecule has 8 nitrogen and oxygen atoms in total. The number of nitrogens with zero attached hydrogens (tertiary/aromatic N) is 3. The number of aliphatic imine (C=N–C) groups is 1. The van der Waals surface area contributed by atoms with Crippen LogP contribution in [0.1, 0.15) is 41.9 Å². The Balaban J connectivity index is 1.97. The minimum Gasteiger partial charge on any atom is -0.443 e. The second kappa shape index (κ2) is 6.11. The number of anilines is 1. The first-order chi connectivity index (χ1) is 12.3. The molecule has 1 unspecified atom stereocenters. The molecule has 132 valence electrons. The molecule has 3 heterocycles. The van der Waals surface area contributed by atoms with Crippen molar-refractivity contribution in [3.63, 3.8) is 0 Å². The summed E-state index contributed by atoms with van der Waals surface area (Å²) in [6.07, 6.45) is 6.60. The Morgan fingerprint density at radius 3 is 2.81 bits per heavy atom. The number of ketones is 1. The third-order valence-corrected chi connectivity index (χ3v) is 4.37. The van der Waals surface area contributed by atoms with Gasteiger partial charge in [-0.15, -0.1) is 0 Å². The Morgan fingerprint density at radius 2 is 2.15 bits per heavy atom. The number of Topliss-reactive ketones (excluding diaryl/α,β-unsaturated/α-hetero) is 1. The fraction of sp³-hybridized carbons (Fsp3) is 0.278. The Labute approximate surface area is 149 Å². The molecular formula is C18H16N4O4. The Bertz CT molecular complexity index is 961. The van der Waals surface area contributed by atoms with Gasteiger partial charge in [0, 0.05) is 6.20 Å². The van der Waals surface area contributed by atoms with Gasteiger partial charge in [0.2, 0.25) is 5.88 Å². The Hall–Kier alpha value is -3.47. The monoisotopic (exact) mass is 352 g/mol. The van der Waals surface area contributed by atoms with E-state index in [4.69, 9.17) is 4.42 Å².